The highest BCUT2D eigenvalue weighted by Gasteiger charge is 2.30. The molecule has 37 heavy (non-hydrogen) atoms. The number of carbonyl (C=O) groups is 1. The van der Waals surface area contributed by atoms with Gasteiger partial charge in [-0.1, -0.05) is 18.2 Å². The number of urea groups is 1. The number of hydrogen-bond acceptors (Lipinski definition) is 7. The molecule has 1 aromatic heterocycles. The van der Waals surface area contributed by atoms with Gasteiger partial charge in [0, 0.05) is 62.0 Å². The van der Waals surface area contributed by atoms with E-state index in [-0.39, 0.29) is 18.6 Å². The fourth-order valence-electron chi connectivity index (χ4n) is 5.10. The summed E-state index contributed by atoms with van der Waals surface area (Å²) in [6, 6.07) is 11.6. The van der Waals surface area contributed by atoms with E-state index in [2.05, 4.69) is 21.3 Å². The van der Waals surface area contributed by atoms with E-state index in [0.717, 1.165) is 38.8 Å². The highest BCUT2D eigenvalue weighted by Crippen LogP contribution is 2.45. The number of aliphatic hydroxyl groups is 1. The fraction of sp³-hybridized carbons (Fsp3) is 0.357. The number of amides is 2. The lowest BCUT2D eigenvalue weighted by Crippen LogP contribution is -2.51. The number of carbonyl (C=O) groups excluding carboxylic acids is 1. The van der Waals surface area contributed by atoms with E-state index in [1.54, 1.807) is 11.3 Å². The van der Waals surface area contributed by atoms with Crippen LogP contribution in [0.5, 0.6) is 11.5 Å². The van der Waals surface area contributed by atoms with Gasteiger partial charge in [0.1, 0.15) is 30.0 Å². The van der Waals surface area contributed by atoms with Crippen LogP contribution in [0.15, 0.2) is 60.4 Å². The summed E-state index contributed by atoms with van der Waals surface area (Å²) in [7, 11) is 0. The second kappa shape index (κ2) is 10.2. The molecule has 1 saturated heterocycles. The minimum absolute atomic E-state index is 0.118. The van der Waals surface area contributed by atoms with Crippen LogP contribution in [-0.4, -0.2) is 71.4 Å². The summed E-state index contributed by atoms with van der Waals surface area (Å²) in [6.07, 6.45) is 6.51. The van der Waals surface area contributed by atoms with Gasteiger partial charge in [0.25, 0.3) is 0 Å². The predicted octanol–water partition coefficient (Wildman–Crippen LogP) is 4.51. The van der Waals surface area contributed by atoms with Gasteiger partial charge in [0.2, 0.25) is 0 Å². The van der Waals surface area contributed by atoms with E-state index in [9.17, 15) is 9.90 Å². The van der Waals surface area contributed by atoms with E-state index in [1.165, 1.54) is 5.56 Å². The number of anilines is 1. The second-order valence-corrected chi connectivity index (χ2v) is 10.9. The summed E-state index contributed by atoms with van der Waals surface area (Å²) in [5, 5.41) is 14.5. The number of fused-ring (bicyclic) bond motifs is 4. The van der Waals surface area contributed by atoms with Crippen molar-refractivity contribution in [1.82, 2.24) is 14.8 Å². The van der Waals surface area contributed by atoms with Crippen LogP contribution in [0.4, 0.5) is 10.5 Å². The van der Waals surface area contributed by atoms with E-state index in [4.69, 9.17) is 9.47 Å². The molecule has 9 heteroatoms. The monoisotopic (exact) mass is 518 g/mol. The third-order valence-corrected chi connectivity index (χ3v) is 7.97. The summed E-state index contributed by atoms with van der Waals surface area (Å²) < 4.78 is 12.9. The Hall–Kier alpha value is -3.40. The number of nitrogens with one attached hydrogen (secondary N) is 1. The molecule has 192 valence electrons. The molecule has 2 aromatic carbocycles. The highest BCUT2D eigenvalue weighted by atomic mass is 32.1. The number of hydrogen-bond donors (Lipinski definition) is 2. The quantitative estimate of drug-likeness (QED) is 0.499. The van der Waals surface area contributed by atoms with Crippen molar-refractivity contribution < 1.29 is 19.4 Å². The number of rotatable bonds is 6. The first-order valence-electron chi connectivity index (χ1n) is 12.7. The van der Waals surface area contributed by atoms with Crippen LogP contribution in [-0.2, 0) is 0 Å². The molecule has 3 heterocycles. The van der Waals surface area contributed by atoms with Crippen LogP contribution in [0, 0.1) is 6.92 Å². The zero-order valence-corrected chi connectivity index (χ0v) is 21.5. The normalized spacial score (nSPS) is 19.7. The highest BCUT2D eigenvalue weighted by molar-refractivity contribution is 7.18. The molecular formula is C28H30N4O4S. The summed E-state index contributed by atoms with van der Waals surface area (Å²) in [6.45, 7) is 5.30. The van der Waals surface area contributed by atoms with Gasteiger partial charge in [-0.2, -0.15) is 0 Å². The standard InChI is InChI=1S/C28H30N4O4S/c1-18-29-24-15-21(7-9-27(24)37-18)35-17-20(33)16-31-10-12-32(13-11-31)28(34)30-19-6-8-23-22-4-2-3-5-25(22)36-26(23)14-19/h2-3,5-9,14-15,20,22,33H,4,10-13,16-17H2,1H3,(H,30,34)/t20-,22?/m1/s1. The lowest BCUT2D eigenvalue weighted by molar-refractivity contribution is 0.0526. The van der Waals surface area contributed by atoms with Gasteiger partial charge in [-0.15, -0.1) is 11.3 Å². The molecule has 0 spiro atoms. The summed E-state index contributed by atoms with van der Waals surface area (Å²) in [5.74, 6) is 2.78. The predicted molar refractivity (Wildman–Crippen MR) is 145 cm³/mol. The molecule has 6 rings (SSSR count). The second-order valence-electron chi connectivity index (χ2n) is 9.69. The van der Waals surface area contributed by atoms with Crippen molar-refractivity contribution >= 4 is 33.3 Å². The number of thiazole rings is 1. The number of β-amino-alcohol motifs (C(OH)–C–C–N with tert-alkyl or cyclic N) is 1. The largest absolute Gasteiger partial charge is 0.491 e. The van der Waals surface area contributed by atoms with Crippen LogP contribution in [0.2, 0.25) is 0 Å². The average Bonchev–Trinajstić information content (AvgIpc) is 3.46. The number of allylic oxidation sites excluding steroid dienone is 4. The third-order valence-electron chi connectivity index (χ3n) is 7.02. The molecule has 3 aromatic rings. The topological polar surface area (TPSA) is 87.2 Å². The Morgan fingerprint density at radius 1 is 1.24 bits per heavy atom. The smallest absolute Gasteiger partial charge is 0.321 e. The zero-order chi connectivity index (χ0) is 25.4. The lowest BCUT2D eigenvalue weighted by atomic mass is 9.92. The van der Waals surface area contributed by atoms with E-state index in [0.29, 0.717) is 38.5 Å². The first-order valence-corrected chi connectivity index (χ1v) is 13.5. The molecule has 1 aliphatic carbocycles. The van der Waals surface area contributed by atoms with Gasteiger partial charge in [-0.3, -0.25) is 4.90 Å². The zero-order valence-electron chi connectivity index (χ0n) is 20.7. The Balaban J connectivity index is 0.957. The minimum Gasteiger partial charge on any atom is -0.491 e. The van der Waals surface area contributed by atoms with Gasteiger partial charge in [0.15, 0.2) is 0 Å². The molecule has 2 amide bonds. The maximum Gasteiger partial charge on any atom is 0.321 e. The molecule has 8 nitrogen and oxygen atoms in total. The molecule has 0 bridgehead atoms. The fourth-order valence-corrected chi connectivity index (χ4v) is 5.91. The number of aryl methyl sites for hydroxylation is 1. The molecule has 3 aliphatic rings. The molecule has 1 unspecified atom stereocenters. The minimum atomic E-state index is -0.617. The van der Waals surface area contributed by atoms with Crippen LogP contribution < -0.4 is 14.8 Å². The number of aliphatic hydroxyl groups excluding tert-OH is 1. The lowest BCUT2D eigenvalue weighted by Gasteiger charge is -2.35. The van der Waals surface area contributed by atoms with Gasteiger partial charge < -0.3 is 24.8 Å². The maximum atomic E-state index is 12.9. The van der Waals surface area contributed by atoms with Crippen molar-refractivity contribution in [3.63, 3.8) is 0 Å². The van der Waals surface area contributed by atoms with Crippen LogP contribution in [0.25, 0.3) is 10.2 Å². The van der Waals surface area contributed by atoms with Crippen molar-refractivity contribution in [2.45, 2.75) is 25.4 Å². The molecule has 0 saturated carbocycles. The summed E-state index contributed by atoms with van der Waals surface area (Å²) >= 11 is 1.65. The van der Waals surface area contributed by atoms with E-state index >= 15 is 0 Å². The Morgan fingerprint density at radius 2 is 2.11 bits per heavy atom. The molecule has 2 aliphatic heterocycles. The average molecular weight is 519 g/mol. The van der Waals surface area contributed by atoms with Gasteiger partial charge in [0.05, 0.1) is 15.2 Å². The first kappa shape index (κ1) is 24.0. The Labute approximate surface area is 219 Å². The number of aromatic nitrogens is 1. The van der Waals surface area contributed by atoms with Crippen molar-refractivity contribution in [1.29, 1.82) is 0 Å². The van der Waals surface area contributed by atoms with Crippen molar-refractivity contribution in [3.8, 4) is 11.5 Å². The van der Waals surface area contributed by atoms with Gasteiger partial charge >= 0.3 is 6.03 Å². The molecular weight excluding hydrogens is 488 g/mol. The number of nitrogens with zero attached hydrogens (tertiary/aromatic N) is 3. The van der Waals surface area contributed by atoms with Crippen LogP contribution >= 0.6 is 11.3 Å². The number of ether oxygens (including phenoxy) is 2. The van der Waals surface area contributed by atoms with E-state index in [1.807, 2.05) is 60.4 Å². The molecule has 1 fully saturated rings. The van der Waals surface area contributed by atoms with Crippen molar-refractivity contribution in [3.05, 3.63) is 71.0 Å². The van der Waals surface area contributed by atoms with Crippen molar-refractivity contribution in [2.24, 2.45) is 0 Å². The Bertz CT molecular complexity index is 1380. The Morgan fingerprint density at radius 3 is 2.97 bits per heavy atom. The number of benzene rings is 2. The molecule has 0 radical (unpaired) electrons. The van der Waals surface area contributed by atoms with Gasteiger partial charge in [-0.05, 0) is 37.6 Å². The summed E-state index contributed by atoms with van der Waals surface area (Å²) in [4.78, 5) is 21.3. The molecule has 2 atom stereocenters. The molecule has 2 N–H and O–H groups in total. The van der Waals surface area contributed by atoms with E-state index < -0.39 is 6.10 Å². The van der Waals surface area contributed by atoms with Crippen LogP contribution in [0.1, 0.15) is 22.9 Å². The SMILES string of the molecule is Cc1nc2cc(OC[C@H](O)CN3CCN(C(=O)Nc4ccc5c(c4)OC4=CC=CCC45)CC3)ccc2s1. The summed E-state index contributed by atoms with van der Waals surface area (Å²) in [5.41, 5.74) is 2.82. The Kier molecular flexibility index (Phi) is 6.58. The third kappa shape index (κ3) is 5.20. The van der Waals surface area contributed by atoms with Gasteiger partial charge in [-0.25, -0.2) is 9.78 Å². The first-order chi connectivity index (χ1) is 18.0. The van der Waals surface area contributed by atoms with Crippen LogP contribution in [0.3, 0.4) is 0 Å². The van der Waals surface area contributed by atoms with Crippen molar-refractivity contribution in [2.75, 3.05) is 44.6 Å². The number of piperazine rings is 1. The maximum absolute atomic E-state index is 12.9.